The van der Waals surface area contributed by atoms with Gasteiger partial charge in [0.2, 0.25) is 5.70 Å². The van der Waals surface area contributed by atoms with Crippen molar-refractivity contribution in [2.75, 3.05) is 0 Å². The van der Waals surface area contributed by atoms with Gasteiger partial charge in [-0.1, -0.05) is 6.92 Å². The Labute approximate surface area is 82.2 Å². The van der Waals surface area contributed by atoms with Gasteiger partial charge in [0.05, 0.1) is 11.1 Å². The molecule has 1 heterocycles. The summed E-state index contributed by atoms with van der Waals surface area (Å²) in [6, 6.07) is 0. The Bertz CT molecular complexity index is 355. The fraction of sp³-hybridized carbons (Fsp3) is 0.444. The highest BCUT2D eigenvalue weighted by atomic mass is 16.6. The van der Waals surface area contributed by atoms with E-state index >= 15 is 0 Å². The van der Waals surface area contributed by atoms with E-state index in [-0.39, 0.29) is 10.6 Å². The van der Waals surface area contributed by atoms with E-state index in [1.54, 1.807) is 30.1 Å². The standard InChI is InChI=1S/C9H13N3O2/c1-3-9(12(13)14)5-8-6-10-11(4-2)7-8/h5-7H,3-4H2,1-2H3. The normalized spacial score (nSPS) is 11.7. The molecule has 0 aromatic carbocycles. The summed E-state index contributed by atoms with van der Waals surface area (Å²) in [6.07, 6.45) is 5.39. The SMILES string of the molecule is CCC(=Cc1cnn(CC)c1)[N+](=O)[O-]. The molecule has 0 N–H and O–H groups in total. The highest BCUT2D eigenvalue weighted by Gasteiger charge is 2.07. The molecular formula is C9H13N3O2. The van der Waals surface area contributed by atoms with Crippen molar-refractivity contribution < 1.29 is 4.92 Å². The topological polar surface area (TPSA) is 61.0 Å². The molecule has 1 aromatic heterocycles. The highest BCUT2D eigenvalue weighted by molar-refractivity contribution is 5.48. The average molecular weight is 195 g/mol. The second-order valence-electron chi connectivity index (χ2n) is 2.88. The van der Waals surface area contributed by atoms with E-state index in [1.165, 1.54) is 0 Å². The van der Waals surface area contributed by atoms with Gasteiger partial charge in [0.1, 0.15) is 0 Å². The summed E-state index contributed by atoms with van der Waals surface area (Å²) in [5.41, 5.74) is 0.987. The molecule has 0 atom stereocenters. The Morgan fingerprint density at radius 1 is 1.71 bits per heavy atom. The first-order valence-corrected chi connectivity index (χ1v) is 4.54. The fourth-order valence-electron chi connectivity index (χ4n) is 1.10. The molecule has 0 amide bonds. The first-order valence-electron chi connectivity index (χ1n) is 4.54. The minimum atomic E-state index is -0.358. The maximum atomic E-state index is 10.5. The molecule has 0 aliphatic heterocycles. The van der Waals surface area contributed by atoms with Crippen molar-refractivity contribution in [3.05, 3.63) is 33.8 Å². The molecule has 0 radical (unpaired) electrons. The van der Waals surface area contributed by atoms with Gasteiger partial charge in [-0.2, -0.15) is 5.10 Å². The lowest BCUT2D eigenvalue weighted by Gasteiger charge is -1.92. The molecule has 0 spiro atoms. The molecule has 1 aromatic rings. The van der Waals surface area contributed by atoms with Gasteiger partial charge in [0.25, 0.3) is 0 Å². The molecular weight excluding hydrogens is 182 g/mol. The fourth-order valence-corrected chi connectivity index (χ4v) is 1.10. The number of aryl methyl sites for hydroxylation is 1. The third kappa shape index (κ3) is 2.42. The predicted octanol–water partition coefficient (Wildman–Crippen LogP) is 1.93. The zero-order chi connectivity index (χ0) is 10.6. The summed E-state index contributed by atoms with van der Waals surface area (Å²) >= 11 is 0. The smallest absolute Gasteiger partial charge is 0.246 e. The van der Waals surface area contributed by atoms with Crippen molar-refractivity contribution in [1.29, 1.82) is 0 Å². The number of hydrogen-bond donors (Lipinski definition) is 0. The zero-order valence-corrected chi connectivity index (χ0v) is 8.30. The third-order valence-electron chi connectivity index (χ3n) is 1.91. The molecule has 5 heteroatoms. The van der Waals surface area contributed by atoms with Crippen LogP contribution in [0.15, 0.2) is 18.1 Å². The maximum Gasteiger partial charge on any atom is 0.246 e. The van der Waals surface area contributed by atoms with Crippen LogP contribution in [-0.2, 0) is 6.54 Å². The molecule has 0 aliphatic rings. The Kier molecular flexibility index (Phi) is 3.39. The Morgan fingerprint density at radius 3 is 2.86 bits per heavy atom. The van der Waals surface area contributed by atoms with Gasteiger partial charge >= 0.3 is 0 Å². The van der Waals surface area contributed by atoms with E-state index in [9.17, 15) is 10.1 Å². The predicted molar refractivity (Wildman–Crippen MR) is 53.2 cm³/mol. The lowest BCUT2D eigenvalue weighted by molar-refractivity contribution is -0.425. The molecule has 76 valence electrons. The number of rotatable bonds is 4. The summed E-state index contributed by atoms with van der Waals surface area (Å²) < 4.78 is 1.74. The number of nitrogens with zero attached hydrogens (tertiary/aromatic N) is 3. The van der Waals surface area contributed by atoms with E-state index in [1.807, 2.05) is 6.92 Å². The van der Waals surface area contributed by atoms with Crippen LogP contribution in [0.2, 0.25) is 0 Å². The number of allylic oxidation sites excluding steroid dienone is 1. The van der Waals surface area contributed by atoms with Crippen molar-refractivity contribution >= 4 is 6.08 Å². The largest absolute Gasteiger partial charge is 0.272 e. The van der Waals surface area contributed by atoms with E-state index in [4.69, 9.17) is 0 Å². The highest BCUT2D eigenvalue weighted by Crippen LogP contribution is 2.09. The first-order chi connectivity index (χ1) is 6.67. The van der Waals surface area contributed by atoms with Gasteiger partial charge in [0, 0.05) is 30.8 Å². The third-order valence-corrected chi connectivity index (χ3v) is 1.91. The summed E-state index contributed by atoms with van der Waals surface area (Å²) in [5, 5.41) is 14.6. The maximum absolute atomic E-state index is 10.5. The van der Waals surface area contributed by atoms with Crippen molar-refractivity contribution in [2.24, 2.45) is 0 Å². The number of hydrogen-bond acceptors (Lipinski definition) is 3. The summed E-state index contributed by atoms with van der Waals surface area (Å²) in [6.45, 7) is 4.50. The van der Waals surface area contributed by atoms with E-state index < -0.39 is 0 Å². The summed E-state index contributed by atoms with van der Waals surface area (Å²) in [4.78, 5) is 10.2. The van der Waals surface area contributed by atoms with Crippen LogP contribution in [0.4, 0.5) is 0 Å². The molecule has 0 saturated carbocycles. The molecule has 0 saturated heterocycles. The second-order valence-corrected chi connectivity index (χ2v) is 2.88. The van der Waals surface area contributed by atoms with Gasteiger partial charge in [-0.05, 0) is 6.92 Å². The van der Waals surface area contributed by atoms with Crippen LogP contribution in [0, 0.1) is 10.1 Å². The molecule has 0 aliphatic carbocycles. The molecule has 5 nitrogen and oxygen atoms in total. The van der Waals surface area contributed by atoms with Crippen molar-refractivity contribution in [3.63, 3.8) is 0 Å². The van der Waals surface area contributed by atoms with Gasteiger partial charge in [-0.25, -0.2) is 0 Å². The van der Waals surface area contributed by atoms with Gasteiger partial charge < -0.3 is 0 Å². The van der Waals surface area contributed by atoms with Crippen molar-refractivity contribution in [1.82, 2.24) is 9.78 Å². The van der Waals surface area contributed by atoms with Crippen LogP contribution in [0.25, 0.3) is 6.08 Å². The molecule has 0 unspecified atom stereocenters. The Hall–Kier alpha value is -1.65. The van der Waals surface area contributed by atoms with Crippen LogP contribution in [-0.4, -0.2) is 14.7 Å². The summed E-state index contributed by atoms with van der Waals surface area (Å²) in [5.74, 6) is 0. The summed E-state index contributed by atoms with van der Waals surface area (Å²) in [7, 11) is 0. The van der Waals surface area contributed by atoms with Crippen molar-refractivity contribution in [3.8, 4) is 0 Å². The second kappa shape index (κ2) is 4.55. The minimum Gasteiger partial charge on any atom is -0.272 e. The van der Waals surface area contributed by atoms with Gasteiger partial charge in [-0.15, -0.1) is 0 Å². The minimum absolute atomic E-state index is 0.209. The monoisotopic (exact) mass is 195 g/mol. The molecule has 14 heavy (non-hydrogen) atoms. The number of aromatic nitrogens is 2. The lowest BCUT2D eigenvalue weighted by Crippen LogP contribution is -1.96. The van der Waals surface area contributed by atoms with Crippen LogP contribution in [0.5, 0.6) is 0 Å². The molecule has 0 fully saturated rings. The van der Waals surface area contributed by atoms with Crippen LogP contribution < -0.4 is 0 Å². The number of nitro groups is 1. The quantitative estimate of drug-likeness (QED) is 0.544. The van der Waals surface area contributed by atoms with Crippen LogP contribution >= 0.6 is 0 Å². The van der Waals surface area contributed by atoms with Gasteiger partial charge in [-0.3, -0.25) is 14.8 Å². The Morgan fingerprint density at radius 2 is 2.43 bits per heavy atom. The van der Waals surface area contributed by atoms with E-state index in [0.717, 1.165) is 12.1 Å². The van der Waals surface area contributed by atoms with Crippen molar-refractivity contribution in [2.45, 2.75) is 26.8 Å². The first kappa shape index (κ1) is 10.4. The van der Waals surface area contributed by atoms with Gasteiger partial charge in [0.15, 0.2) is 0 Å². The Balaban J connectivity index is 2.89. The lowest BCUT2D eigenvalue weighted by atomic mass is 10.2. The average Bonchev–Trinajstić information content (AvgIpc) is 2.61. The van der Waals surface area contributed by atoms with E-state index in [0.29, 0.717) is 6.42 Å². The zero-order valence-electron chi connectivity index (χ0n) is 8.30. The molecule has 1 rings (SSSR count). The van der Waals surface area contributed by atoms with Crippen LogP contribution in [0.1, 0.15) is 25.8 Å². The molecule has 0 bridgehead atoms. The van der Waals surface area contributed by atoms with E-state index in [2.05, 4.69) is 5.10 Å². The van der Waals surface area contributed by atoms with Crippen LogP contribution in [0.3, 0.4) is 0 Å².